The molecule has 1 amide bonds. The fourth-order valence-electron chi connectivity index (χ4n) is 6.75. The molecule has 0 spiro atoms. The van der Waals surface area contributed by atoms with E-state index in [1.165, 1.54) is 148 Å². The van der Waals surface area contributed by atoms with Gasteiger partial charge in [0.1, 0.15) is 12.2 Å². The summed E-state index contributed by atoms with van der Waals surface area (Å²) in [5, 5.41) is 43.6. The smallest absolute Gasteiger partial charge is 0.249 e. The quantitative estimate of drug-likeness (QED) is 0.0325. The topological polar surface area (TPSA) is 110 Å². The SMILES string of the molecule is CCCCCCCCCC/C=C/CCCCCC[C@@H](O)[C@@H](O)[C@H](CO)NC(=O)[C@H](O)CCCCCCCCCCCCCCCCCCC. The molecule has 0 rings (SSSR count). The van der Waals surface area contributed by atoms with E-state index in [0.717, 1.165) is 51.4 Å². The van der Waals surface area contributed by atoms with E-state index in [4.69, 9.17) is 0 Å². The molecular weight excluding hydrogens is 610 g/mol. The Kier molecular flexibility index (Phi) is 37.5. The highest BCUT2D eigenvalue weighted by Crippen LogP contribution is 2.16. The molecule has 0 saturated heterocycles. The van der Waals surface area contributed by atoms with Gasteiger partial charge in [-0.2, -0.15) is 0 Å². The van der Waals surface area contributed by atoms with Crippen LogP contribution in [-0.4, -0.2) is 57.3 Å². The predicted molar refractivity (Wildman–Crippen MR) is 210 cm³/mol. The molecule has 6 heteroatoms. The monoisotopic (exact) mass is 696 g/mol. The van der Waals surface area contributed by atoms with Crippen molar-refractivity contribution in [3.63, 3.8) is 0 Å². The minimum absolute atomic E-state index is 0.371. The molecular formula is C43H85NO5. The zero-order chi connectivity index (χ0) is 36.0. The number of carbonyl (C=O) groups is 1. The zero-order valence-corrected chi connectivity index (χ0v) is 32.7. The molecule has 0 aromatic heterocycles. The molecule has 0 bridgehead atoms. The minimum atomic E-state index is -1.26. The molecule has 49 heavy (non-hydrogen) atoms. The van der Waals surface area contributed by atoms with Gasteiger partial charge in [-0.05, 0) is 38.5 Å². The van der Waals surface area contributed by atoms with Crippen molar-refractivity contribution >= 4 is 5.91 Å². The highest BCUT2D eigenvalue weighted by Gasteiger charge is 2.28. The Labute approximate surface area is 304 Å². The predicted octanol–water partition coefficient (Wildman–Crippen LogP) is 11.0. The molecule has 6 nitrogen and oxygen atoms in total. The summed E-state index contributed by atoms with van der Waals surface area (Å²) >= 11 is 0. The number of hydrogen-bond donors (Lipinski definition) is 5. The number of amides is 1. The van der Waals surface area contributed by atoms with E-state index in [0.29, 0.717) is 12.8 Å². The van der Waals surface area contributed by atoms with Gasteiger partial charge in [0.15, 0.2) is 0 Å². The van der Waals surface area contributed by atoms with E-state index >= 15 is 0 Å². The Bertz CT molecular complexity index is 702. The zero-order valence-electron chi connectivity index (χ0n) is 32.7. The van der Waals surface area contributed by atoms with E-state index in [9.17, 15) is 25.2 Å². The number of hydrogen-bond acceptors (Lipinski definition) is 5. The second-order valence-electron chi connectivity index (χ2n) is 15.0. The molecule has 4 atom stereocenters. The van der Waals surface area contributed by atoms with Crippen LogP contribution in [0.2, 0.25) is 0 Å². The molecule has 0 aromatic rings. The summed E-state index contributed by atoms with van der Waals surface area (Å²) in [6.45, 7) is 4.05. The second kappa shape index (κ2) is 38.3. The van der Waals surface area contributed by atoms with E-state index in [1.807, 2.05) is 0 Å². The molecule has 292 valence electrons. The Morgan fingerprint density at radius 2 is 0.816 bits per heavy atom. The van der Waals surface area contributed by atoms with Crippen LogP contribution in [0.15, 0.2) is 12.2 Å². The summed E-state index contributed by atoms with van der Waals surface area (Å²) < 4.78 is 0. The van der Waals surface area contributed by atoms with Gasteiger partial charge >= 0.3 is 0 Å². The summed E-state index contributed by atoms with van der Waals surface area (Å²) in [6, 6.07) is -0.987. The lowest BCUT2D eigenvalue weighted by molar-refractivity contribution is -0.132. The van der Waals surface area contributed by atoms with Gasteiger partial charge in [-0.3, -0.25) is 4.79 Å². The van der Waals surface area contributed by atoms with Crippen molar-refractivity contribution in [1.82, 2.24) is 5.32 Å². The fraction of sp³-hybridized carbons (Fsp3) is 0.930. The second-order valence-corrected chi connectivity index (χ2v) is 15.0. The number of carbonyl (C=O) groups excluding carboxylic acids is 1. The van der Waals surface area contributed by atoms with Crippen LogP contribution >= 0.6 is 0 Å². The van der Waals surface area contributed by atoms with Crippen LogP contribution in [0.3, 0.4) is 0 Å². The molecule has 0 aromatic carbocycles. The standard InChI is InChI=1S/C43H85NO5/c1-3-5-7-9-11-13-15-17-19-21-23-25-27-29-31-33-35-37-41(47)43(49)44-39(38-45)42(48)40(46)36-34-32-30-28-26-24-22-20-18-16-14-12-10-8-6-4-2/h22,24,39-42,45-48H,3-21,23,25-38H2,1-2H3,(H,44,49)/b24-22+/t39-,40+,41+,42-/m0/s1. The number of rotatable bonds is 39. The number of allylic oxidation sites excluding steroid dienone is 2. The molecule has 0 aliphatic rings. The fourth-order valence-corrected chi connectivity index (χ4v) is 6.75. The first-order valence-electron chi connectivity index (χ1n) is 21.6. The highest BCUT2D eigenvalue weighted by atomic mass is 16.3. The molecule has 0 saturated carbocycles. The van der Waals surface area contributed by atoms with Crippen LogP contribution in [0.5, 0.6) is 0 Å². The average molecular weight is 696 g/mol. The number of unbranched alkanes of at least 4 members (excludes halogenated alkanes) is 28. The van der Waals surface area contributed by atoms with Crippen LogP contribution in [0.25, 0.3) is 0 Å². The maximum Gasteiger partial charge on any atom is 0.249 e. The lowest BCUT2D eigenvalue weighted by Crippen LogP contribution is -2.53. The van der Waals surface area contributed by atoms with E-state index in [1.54, 1.807) is 0 Å². The van der Waals surface area contributed by atoms with Crippen molar-refractivity contribution in [3.8, 4) is 0 Å². The van der Waals surface area contributed by atoms with E-state index in [-0.39, 0.29) is 0 Å². The Morgan fingerprint density at radius 3 is 1.18 bits per heavy atom. The number of aliphatic hydroxyl groups excluding tert-OH is 4. The summed E-state index contributed by atoms with van der Waals surface area (Å²) in [4.78, 5) is 12.5. The summed E-state index contributed by atoms with van der Waals surface area (Å²) in [6.07, 6.45) is 40.9. The molecule has 0 unspecified atom stereocenters. The molecule has 0 aliphatic carbocycles. The van der Waals surface area contributed by atoms with Crippen LogP contribution in [0, 0.1) is 0 Å². The van der Waals surface area contributed by atoms with Crippen molar-refractivity contribution in [2.24, 2.45) is 0 Å². The average Bonchev–Trinajstić information content (AvgIpc) is 3.11. The van der Waals surface area contributed by atoms with Crippen molar-refractivity contribution < 1.29 is 25.2 Å². The van der Waals surface area contributed by atoms with Gasteiger partial charge in [0, 0.05) is 0 Å². The van der Waals surface area contributed by atoms with Crippen LogP contribution in [-0.2, 0) is 4.79 Å². The third kappa shape index (κ3) is 32.7. The number of nitrogens with one attached hydrogen (secondary N) is 1. The molecule has 0 aliphatic heterocycles. The van der Waals surface area contributed by atoms with Crippen LogP contribution in [0.1, 0.15) is 226 Å². The number of aliphatic hydroxyl groups is 4. The van der Waals surface area contributed by atoms with Gasteiger partial charge in [0.05, 0.1) is 18.8 Å². The van der Waals surface area contributed by atoms with Gasteiger partial charge in [0.25, 0.3) is 0 Å². The minimum Gasteiger partial charge on any atom is -0.394 e. The maximum absolute atomic E-state index is 12.5. The van der Waals surface area contributed by atoms with Gasteiger partial charge in [-0.25, -0.2) is 0 Å². The van der Waals surface area contributed by atoms with Crippen molar-refractivity contribution in [1.29, 1.82) is 0 Å². The van der Waals surface area contributed by atoms with Gasteiger partial charge in [-0.1, -0.05) is 199 Å². The van der Waals surface area contributed by atoms with Crippen LogP contribution < -0.4 is 5.32 Å². The third-order valence-corrected chi connectivity index (χ3v) is 10.2. The normalized spacial score (nSPS) is 14.3. The van der Waals surface area contributed by atoms with E-state index in [2.05, 4.69) is 31.3 Å². The molecule has 0 heterocycles. The van der Waals surface area contributed by atoms with Crippen molar-refractivity contribution in [2.75, 3.05) is 6.61 Å². The molecule has 0 fully saturated rings. The van der Waals surface area contributed by atoms with Crippen LogP contribution in [0.4, 0.5) is 0 Å². The van der Waals surface area contributed by atoms with Gasteiger partial charge in [-0.15, -0.1) is 0 Å². The first kappa shape index (κ1) is 48.0. The summed E-state index contributed by atoms with van der Waals surface area (Å²) in [5.74, 6) is -0.586. The lowest BCUT2D eigenvalue weighted by atomic mass is 9.99. The first-order valence-corrected chi connectivity index (χ1v) is 21.6. The van der Waals surface area contributed by atoms with E-state index < -0.39 is 36.9 Å². The largest absolute Gasteiger partial charge is 0.394 e. The Hall–Kier alpha value is -0.950. The van der Waals surface area contributed by atoms with Crippen molar-refractivity contribution in [3.05, 3.63) is 12.2 Å². The molecule has 5 N–H and O–H groups in total. The van der Waals surface area contributed by atoms with Crippen molar-refractivity contribution in [2.45, 2.75) is 250 Å². The van der Waals surface area contributed by atoms with Gasteiger partial charge in [0.2, 0.25) is 5.91 Å². The Morgan fingerprint density at radius 1 is 0.490 bits per heavy atom. The maximum atomic E-state index is 12.5. The summed E-state index contributed by atoms with van der Waals surface area (Å²) in [5.41, 5.74) is 0. The first-order chi connectivity index (χ1) is 24.0. The highest BCUT2D eigenvalue weighted by molar-refractivity contribution is 5.80. The Balaban J connectivity index is 3.75. The third-order valence-electron chi connectivity index (χ3n) is 10.2. The van der Waals surface area contributed by atoms with Gasteiger partial charge < -0.3 is 25.7 Å². The molecule has 0 radical (unpaired) electrons. The summed E-state index contributed by atoms with van der Waals surface area (Å²) in [7, 11) is 0. The lowest BCUT2D eigenvalue weighted by Gasteiger charge is -2.27.